The highest BCUT2D eigenvalue weighted by atomic mass is 14.8. The summed E-state index contributed by atoms with van der Waals surface area (Å²) in [5, 5.41) is 3.25. The van der Waals surface area contributed by atoms with E-state index in [9.17, 15) is 0 Å². The number of nitrogens with one attached hydrogen (secondary N) is 1. The second kappa shape index (κ2) is 15.7. The normalized spacial score (nSPS) is 15.5. The molecule has 0 aromatic heterocycles. The third-order valence-electron chi connectivity index (χ3n) is 6.13. The average Bonchev–Trinajstić information content (AvgIpc) is 2.82. The molecule has 1 aliphatic heterocycles. The molecule has 2 aliphatic rings. The molecule has 1 aliphatic carbocycles. The first-order valence-corrected chi connectivity index (χ1v) is 12.6. The van der Waals surface area contributed by atoms with Gasteiger partial charge >= 0.3 is 0 Å². The Hall–Kier alpha value is -2.02. The fraction of sp³-hybridized carbons (Fsp3) is 0.533. The SMILES string of the molecule is C=C(CC(=C)C1=CC=CNC1)Cc1ccc(CCC2CCCCC2)c(C)c1.CC.CC. The molecule has 1 aromatic rings. The second-order valence-corrected chi connectivity index (χ2v) is 8.44. The molecule has 0 bridgehead atoms. The summed E-state index contributed by atoms with van der Waals surface area (Å²) in [5.74, 6) is 0.960. The summed E-state index contributed by atoms with van der Waals surface area (Å²) in [6.07, 6.45) is 17.8. The van der Waals surface area contributed by atoms with E-state index in [2.05, 4.69) is 49.7 Å². The Labute approximate surface area is 193 Å². The van der Waals surface area contributed by atoms with E-state index in [0.29, 0.717) is 0 Å². The Morgan fingerprint density at radius 3 is 2.35 bits per heavy atom. The Morgan fingerprint density at radius 1 is 1.03 bits per heavy atom. The zero-order valence-electron chi connectivity index (χ0n) is 21.0. The van der Waals surface area contributed by atoms with Crippen LogP contribution in [-0.4, -0.2) is 6.54 Å². The maximum Gasteiger partial charge on any atom is 0.0397 e. The molecular weight excluding hydrogens is 374 g/mol. The lowest BCUT2D eigenvalue weighted by molar-refractivity contribution is 0.339. The van der Waals surface area contributed by atoms with E-state index in [1.54, 1.807) is 0 Å². The molecule has 1 aromatic carbocycles. The van der Waals surface area contributed by atoms with Crippen molar-refractivity contribution in [1.82, 2.24) is 5.32 Å². The molecule has 0 unspecified atom stereocenters. The Bertz CT molecular complexity index is 729. The van der Waals surface area contributed by atoms with Gasteiger partial charge in [0.2, 0.25) is 0 Å². The summed E-state index contributed by atoms with van der Waals surface area (Å²) in [5.41, 5.74) is 8.06. The molecule has 0 radical (unpaired) electrons. The number of dihydropyridines is 1. The lowest BCUT2D eigenvalue weighted by Crippen LogP contribution is -2.14. The summed E-state index contributed by atoms with van der Waals surface area (Å²) in [6, 6.07) is 7.03. The second-order valence-electron chi connectivity index (χ2n) is 8.44. The van der Waals surface area contributed by atoms with Crippen molar-refractivity contribution in [2.75, 3.05) is 6.54 Å². The van der Waals surface area contributed by atoms with Gasteiger partial charge in [0.05, 0.1) is 0 Å². The quantitative estimate of drug-likeness (QED) is 0.414. The highest BCUT2D eigenvalue weighted by Crippen LogP contribution is 2.28. The summed E-state index contributed by atoms with van der Waals surface area (Å²) in [7, 11) is 0. The topological polar surface area (TPSA) is 12.0 Å². The maximum absolute atomic E-state index is 4.31. The van der Waals surface area contributed by atoms with Crippen LogP contribution in [0.2, 0.25) is 0 Å². The van der Waals surface area contributed by atoms with Crippen LogP contribution in [-0.2, 0) is 12.8 Å². The van der Waals surface area contributed by atoms with Gasteiger partial charge in [0.15, 0.2) is 0 Å². The van der Waals surface area contributed by atoms with Gasteiger partial charge in [-0.3, -0.25) is 0 Å². The van der Waals surface area contributed by atoms with Gasteiger partial charge in [-0.2, -0.15) is 0 Å². The number of allylic oxidation sites excluding steroid dienone is 3. The van der Waals surface area contributed by atoms with Gasteiger partial charge in [0.1, 0.15) is 0 Å². The van der Waals surface area contributed by atoms with E-state index in [4.69, 9.17) is 0 Å². The molecule has 0 saturated heterocycles. The molecule has 1 heteroatoms. The minimum absolute atomic E-state index is 0.872. The largest absolute Gasteiger partial charge is 0.387 e. The van der Waals surface area contributed by atoms with Crippen LogP contribution in [0.25, 0.3) is 0 Å². The van der Waals surface area contributed by atoms with Gasteiger partial charge in [-0.15, -0.1) is 0 Å². The van der Waals surface area contributed by atoms with Gasteiger partial charge in [-0.05, 0) is 78.6 Å². The third kappa shape index (κ3) is 9.76. The number of hydrogen-bond donors (Lipinski definition) is 1. The molecule has 172 valence electrons. The highest BCUT2D eigenvalue weighted by molar-refractivity contribution is 5.39. The first-order valence-electron chi connectivity index (χ1n) is 12.6. The van der Waals surface area contributed by atoms with Crippen molar-refractivity contribution in [3.8, 4) is 0 Å². The molecule has 1 N–H and O–H groups in total. The zero-order valence-corrected chi connectivity index (χ0v) is 21.0. The summed E-state index contributed by atoms with van der Waals surface area (Å²) in [6.45, 7) is 19.7. The van der Waals surface area contributed by atoms with Crippen molar-refractivity contribution >= 4 is 0 Å². The molecule has 0 spiro atoms. The number of benzene rings is 1. The average molecular weight is 422 g/mol. The van der Waals surface area contributed by atoms with E-state index in [1.807, 2.05) is 40.0 Å². The predicted octanol–water partition coefficient (Wildman–Crippen LogP) is 8.65. The molecule has 3 rings (SSSR count). The highest BCUT2D eigenvalue weighted by Gasteiger charge is 2.14. The smallest absolute Gasteiger partial charge is 0.0397 e. The third-order valence-corrected chi connectivity index (χ3v) is 6.13. The molecule has 1 nitrogen and oxygen atoms in total. The van der Waals surface area contributed by atoms with Gasteiger partial charge in [0, 0.05) is 6.54 Å². The van der Waals surface area contributed by atoms with Crippen LogP contribution in [0.1, 0.15) is 89.3 Å². The number of hydrogen-bond acceptors (Lipinski definition) is 1. The van der Waals surface area contributed by atoms with Crippen LogP contribution in [0.4, 0.5) is 0 Å². The molecule has 1 saturated carbocycles. The lowest BCUT2D eigenvalue weighted by atomic mass is 9.84. The van der Waals surface area contributed by atoms with E-state index in [0.717, 1.165) is 25.3 Å². The Kier molecular flexibility index (Phi) is 13.7. The molecule has 1 heterocycles. The van der Waals surface area contributed by atoms with Crippen LogP contribution in [0.15, 0.2) is 66.4 Å². The Balaban J connectivity index is 0.00000113. The monoisotopic (exact) mass is 421 g/mol. The molecule has 0 amide bonds. The first-order chi connectivity index (χ1) is 15.1. The fourth-order valence-corrected chi connectivity index (χ4v) is 4.45. The van der Waals surface area contributed by atoms with Gasteiger partial charge in [0.25, 0.3) is 0 Å². The minimum Gasteiger partial charge on any atom is -0.387 e. The van der Waals surface area contributed by atoms with Crippen molar-refractivity contribution in [2.45, 2.75) is 92.4 Å². The molecule has 0 atom stereocenters. The summed E-state index contributed by atoms with van der Waals surface area (Å²) in [4.78, 5) is 0. The summed E-state index contributed by atoms with van der Waals surface area (Å²) >= 11 is 0. The predicted molar refractivity (Wildman–Crippen MR) is 141 cm³/mol. The van der Waals surface area contributed by atoms with Gasteiger partial charge < -0.3 is 5.32 Å². The molecule has 31 heavy (non-hydrogen) atoms. The van der Waals surface area contributed by atoms with Crippen LogP contribution in [0.3, 0.4) is 0 Å². The lowest BCUT2D eigenvalue weighted by Gasteiger charge is -2.21. The van der Waals surface area contributed by atoms with E-state index in [-0.39, 0.29) is 0 Å². The maximum atomic E-state index is 4.31. The van der Waals surface area contributed by atoms with Crippen molar-refractivity contribution in [3.05, 3.63) is 83.1 Å². The van der Waals surface area contributed by atoms with Crippen LogP contribution >= 0.6 is 0 Å². The van der Waals surface area contributed by atoms with Crippen LogP contribution in [0.5, 0.6) is 0 Å². The van der Waals surface area contributed by atoms with Gasteiger partial charge in [-0.25, -0.2) is 0 Å². The fourth-order valence-electron chi connectivity index (χ4n) is 4.45. The van der Waals surface area contributed by atoms with E-state index in [1.165, 1.54) is 78.4 Å². The molecule has 1 fully saturated rings. The van der Waals surface area contributed by atoms with Crippen molar-refractivity contribution in [3.63, 3.8) is 0 Å². The first kappa shape index (κ1) is 27.0. The van der Waals surface area contributed by atoms with Crippen LogP contribution in [0, 0.1) is 12.8 Å². The van der Waals surface area contributed by atoms with Crippen LogP contribution < -0.4 is 5.32 Å². The van der Waals surface area contributed by atoms with E-state index >= 15 is 0 Å². The van der Waals surface area contributed by atoms with Gasteiger partial charge in [-0.1, -0.05) is 103 Å². The van der Waals surface area contributed by atoms with Crippen molar-refractivity contribution in [1.29, 1.82) is 0 Å². The standard InChI is InChI=1S/C26H35N.2C2H6/c1-20(16-21(2)26-10-7-15-27-19-26)17-24-12-14-25(22(3)18-24)13-11-23-8-5-4-6-9-23;2*1-2/h7,10,12,14-15,18,23,27H,1-2,4-6,8-9,11,13,16-17,19H2,3H3;2*1-2H3. The zero-order chi connectivity index (χ0) is 23.1. The van der Waals surface area contributed by atoms with E-state index < -0.39 is 0 Å². The number of aryl methyl sites for hydroxylation is 2. The minimum atomic E-state index is 0.872. The molecular formula is C30H47N. The van der Waals surface area contributed by atoms with Crippen molar-refractivity contribution in [2.24, 2.45) is 5.92 Å². The number of rotatable bonds is 8. The van der Waals surface area contributed by atoms with Crippen molar-refractivity contribution < 1.29 is 0 Å². The Morgan fingerprint density at radius 2 is 1.74 bits per heavy atom. The summed E-state index contributed by atoms with van der Waals surface area (Å²) < 4.78 is 0.